The molecule has 0 bridgehead atoms. The molecule has 1 atom stereocenters. The van der Waals surface area contributed by atoms with Crippen molar-refractivity contribution in [2.24, 2.45) is 0 Å². The second-order valence-corrected chi connectivity index (χ2v) is 6.06. The van der Waals surface area contributed by atoms with Gasteiger partial charge in [0.2, 0.25) is 0 Å². The SMILES string of the molecule is CC(O)(CNC(=O)c1ccc(Br)nc1)c1cccs1. The molecule has 0 aromatic carbocycles. The summed E-state index contributed by atoms with van der Waals surface area (Å²) in [5.41, 5.74) is -0.600. The zero-order valence-electron chi connectivity index (χ0n) is 10.3. The van der Waals surface area contributed by atoms with E-state index in [4.69, 9.17) is 0 Å². The molecule has 0 aliphatic heterocycles. The first-order valence-corrected chi connectivity index (χ1v) is 7.32. The number of aromatic nitrogens is 1. The summed E-state index contributed by atoms with van der Waals surface area (Å²) in [6, 6.07) is 7.09. The van der Waals surface area contributed by atoms with Gasteiger partial charge in [0, 0.05) is 11.1 Å². The molecule has 1 amide bonds. The maximum Gasteiger partial charge on any atom is 0.252 e. The van der Waals surface area contributed by atoms with Crippen LogP contribution < -0.4 is 5.32 Å². The Hall–Kier alpha value is -1.24. The number of carbonyl (C=O) groups excluding carboxylic acids is 1. The summed E-state index contributed by atoms with van der Waals surface area (Å²) in [5, 5.41) is 14.9. The zero-order chi connectivity index (χ0) is 13.9. The van der Waals surface area contributed by atoms with Gasteiger partial charge < -0.3 is 10.4 Å². The van der Waals surface area contributed by atoms with Crippen LogP contribution in [-0.4, -0.2) is 22.5 Å². The van der Waals surface area contributed by atoms with E-state index in [2.05, 4.69) is 26.2 Å². The van der Waals surface area contributed by atoms with E-state index < -0.39 is 5.60 Å². The summed E-state index contributed by atoms with van der Waals surface area (Å²) in [6.07, 6.45) is 1.49. The number of halogens is 1. The Kier molecular flexibility index (Phi) is 4.34. The molecule has 2 aromatic rings. The molecule has 4 nitrogen and oxygen atoms in total. The van der Waals surface area contributed by atoms with Crippen molar-refractivity contribution in [2.45, 2.75) is 12.5 Å². The van der Waals surface area contributed by atoms with Crippen LogP contribution >= 0.6 is 27.3 Å². The fraction of sp³-hybridized carbons (Fsp3) is 0.231. The molecule has 6 heteroatoms. The summed E-state index contributed by atoms with van der Waals surface area (Å²) in [5.74, 6) is -0.253. The number of rotatable bonds is 4. The molecule has 0 saturated heterocycles. The Balaban J connectivity index is 1.99. The number of hydrogen-bond donors (Lipinski definition) is 2. The molecule has 2 aromatic heterocycles. The van der Waals surface area contributed by atoms with Gasteiger partial charge >= 0.3 is 0 Å². The lowest BCUT2D eigenvalue weighted by Gasteiger charge is -2.22. The molecule has 0 fully saturated rings. The normalized spacial score (nSPS) is 13.8. The van der Waals surface area contributed by atoms with Gasteiger partial charge in [-0.3, -0.25) is 4.79 Å². The standard InChI is InChI=1S/C13H13BrN2O2S/c1-13(18,10-3-2-6-19-10)8-16-12(17)9-4-5-11(14)15-7-9/h2-7,18H,8H2,1H3,(H,16,17). The van der Waals surface area contributed by atoms with E-state index in [0.717, 1.165) is 4.88 Å². The number of nitrogens with zero attached hydrogens (tertiary/aromatic N) is 1. The van der Waals surface area contributed by atoms with Gasteiger partial charge in [-0.2, -0.15) is 0 Å². The maximum atomic E-state index is 11.9. The minimum Gasteiger partial charge on any atom is -0.383 e. The van der Waals surface area contributed by atoms with Gasteiger partial charge in [-0.05, 0) is 46.4 Å². The van der Waals surface area contributed by atoms with Crippen molar-refractivity contribution in [3.8, 4) is 0 Å². The quantitative estimate of drug-likeness (QED) is 0.840. The highest BCUT2D eigenvalue weighted by atomic mass is 79.9. The van der Waals surface area contributed by atoms with Gasteiger partial charge in [-0.1, -0.05) is 6.07 Å². The molecule has 19 heavy (non-hydrogen) atoms. The molecule has 2 N–H and O–H groups in total. The van der Waals surface area contributed by atoms with Crippen molar-refractivity contribution >= 4 is 33.2 Å². The molecule has 0 spiro atoms. The number of hydrogen-bond acceptors (Lipinski definition) is 4. The second-order valence-electron chi connectivity index (χ2n) is 4.30. The Morgan fingerprint density at radius 1 is 1.53 bits per heavy atom. The lowest BCUT2D eigenvalue weighted by Crippen LogP contribution is -2.38. The summed E-state index contributed by atoms with van der Waals surface area (Å²) in [6.45, 7) is 1.83. The fourth-order valence-corrected chi connectivity index (χ4v) is 2.56. The van der Waals surface area contributed by atoms with Crippen LogP contribution in [-0.2, 0) is 5.60 Å². The van der Waals surface area contributed by atoms with Crippen LogP contribution in [0.3, 0.4) is 0 Å². The largest absolute Gasteiger partial charge is 0.383 e. The van der Waals surface area contributed by atoms with Gasteiger partial charge in [0.25, 0.3) is 5.91 Å². The van der Waals surface area contributed by atoms with Crippen LogP contribution in [0.4, 0.5) is 0 Å². The van der Waals surface area contributed by atoms with Gasteiger partial charge in [-0.15, -0.1) is 11.3 Å². The average Bonchev–Trinajstić information content (AvgIpc) is 2.91. The summed E-state index contributed by atoms with van der Waals surface area (Å²) in [4.78, 5) is 16.7. The van der Waals surface area contributed by atoms with Crippen LogP contribution in [0.5, 0.6) is 0 Å². The van der Waals surface area contributed by atoms with Crippen molar-refractivity contribution in [1.29, 1.82) is 0 Å². The summed E-state index contributed by atoms with van der Waals surface area (Å²) < 4.78 is 0.676. The van der Waals surface area contributed by atoms with Crippen LogP contribution in [0, 0.1) is 0 Å². The third kappa shape index (κ3) is 3.62. The highest BCUT2D eigenvalue weighted by molar-refractivity contribution is 9.10. The predicted octanol–water partition coefficient (Wildman–Crippen LogP) is 2.54. The lowest BCUT2D eigenvalue weighted by atomic mass is 10.1. The third-order valence-electron chi connectivity index (χ3n) is 2.63. The van der Waals surface area contributed by atoms with Gasteiger partial charge in [0.15, 0.2) is 0 Å². The molecular weight excluding hydrogens is 328 g/mol. The van der Waals surface area contributed by atoms with Gasteiger partial charge in [0.05, 0.1) is 12.1 Å². The predicted molar refractivity (Wildman–Crippen MR) is 78.2 cm³/mol. The molecule has 0 aliphatic carbocycles. The molecular formula is C13H13BrN2O2S. The van der Waals surface area contributed by atoms with E-state index in [9.17, 15) is 9.90 Å². The minimum atomic E-state index is -1.06. The average molecular weight is 341 g/mol. The van der Waals surface area contributed by atoms with Crippen LogP contribution in [0.2, 0.25) is 0 Å². The molecule has 0 saturated carbocycles. The first kappa shape index (κ1) is 14.2. The second kappa shape index (κ2) is 5.81. The van der Waals surface area contributed by atoms with Crippen molar-refractivity contribution in [3.63, 3.8) is 0 Å². The lowest BCUT2D eigenvalue weighted by molar-refractivity contribution is 0.0556. The van der Waals surface area contributed by atoms with E-state index in [0.29, 0.717) is 10.2 Å². The minimum absolute atomic E-state index is 0.155. The topological polar surface area (TPSA) is 62.2 Å². The first-order chi connectivity index (χ1) is 8.99. The zero-order valence-corrected chi connectivity index (χ0v) is 12.7. The number of nitrogens with one attached hydrogen (secondary N) is 1. The molecule has 0 aliphatic rings. The highest BCUT2D eigenvalue weighted by Gasteiger charge is 2.25. The van der Waals surface area contributed by atoms with Crippen molar-refractivity contribution in [3.05, 3.63) is 50.9 Å². The number of thiophene rings is 1. The van der Waals surface area contributed by atoms with Crippen LogP contribution in [0.15, 0.2) is 40.4 Å². The monoisotopic (exact) mass is 340 g/mol. The van der Waals surface area contributed by atoms with E-state index >= 15 is 0 Å². The molecule has 100 valence electrons. The van der Waals surface area contributed by atoms with Gasteiger partial charge in [0.1, 0.15) is 10.2 Å². The Labute approximate surface area is 123 Å². The van der Waals surface area contributed by atoms with E-state index in [1.54, 1.807) is 19.1 Å². The molecule has 2 heterocycles. The number of pyridine rings is 1. The molecule has 0 radical (unpaired) electrons. The number of amides is 1. The Morgan fingerprint density at radius 2 is 2.32 bits per heavy atom. The van der Waals surface area contributed by atoms with Crippen molar-refractivity contribution < 1.29 is 9.90 Å². The third-order valence-corrected chi connectivity index (χ3v) is 4.23. The fourth-order valence-electron chi connectivity index (χ4n) is 1.54. The number of carbonyl (C=O) groups is 1. The molecule has 2 rings (SSSR count). The van der Waals surface area contributed by atoms with Gasteiger partial charge in [-0.25, -0.2) is 4.98 Å². The van der Waals surface area contributed by atoms with Crippen LogP contribution in [0.1, 0.15) is 22.2 Å². The Bertz CT molecular complexity index is 553. The Morgan fingerprint density at radius 3 is 2.89 bits per heavy atom. The van der Waals surface area contributed by atoms with E-state index in [1.165, 1.54) is 17.5 Å². The summed E-state index contributed by atoms with van der Waals surface area (Å²) >= 11 is 4.67. The van der Waals surface area contributed by atoms with E-state index in [-0.39, 0.29) is 12.5 Å². The van der Waals surface area contributed by atoms with Crippen LogP contribution in [0.25, 0.3) is 0 Å². The number of aliphatic hydroxyl groups is 1. The maximum absolute atomic E-state index is 11.9. The smallest absolute Gasteiger partial charge is 0.252 e. The van der Waals surface area contributed by atoms with E-state index in [1.807, 2.05) is 17.5 Å². The van der Waals surface area contributed by atoms with Crippen molar-refractivity contribution in [1.82, 2.24) is 10.3 Å². The highest BCUT2D eigenvalue weighted by Crippen LogP contribution is 2.24. The summed E-state index contributed by atoms with van der Waals surface area (Å²) in [7, 11) is 0. The molecule has 1 unspecified atom stereocenters. The van der Waals surface area contributed by atoms with Crippen molar-refractivity contribution in [2.75, 3.05) is 6.54 Å². The first-order valence-electron chi connectivity index (χ1n) is 5.65.